The van der Waals surface area contributed by atoms with Gasteiger partial charge >= 0.3 is 12.1 Å². The van der Waals surface area contributed by atoms with Gasteiger partial charge in [0, 0.05) is 21.7 Å². The number of esters is 1. The summed E-state index contributed by atoms with van der Waals surface area (Å²) in [5, 5.41) is 0. The van der Waals surface area contributed by atoms with Gasteiger partial charge in [-0.2, -0.15) is 0 Å². The molecule has 1 heterocycles. The molecule has 1 saturated heterocycles. The van der Waals surface area contributed by atoms with E-state index in [1.165, 1.54) is 9.80 Å². The molecule has 7 nitrogen and oxygen atoms in total. The molecule has 176 valence electrons. The zero-order chi connectivity index (χ0) is 24.1. The molecule has 8 heteroatoms. The normalized spacial score (nSPS) is 20.2. The van der Waals surface area contributed by atoms with Crippen LogP contribution in [0.5, 0.6) is 0 Å². The Hall–Kier alpha value is -2.01. The van der Waals surface area contributed by atoms with Crippen molar-refractivity contribution in [1.82, 2.24) is 9.80 Å². The summed E-state index contributed by atoms with van der Waals surface area (Å²) in [4.78, 5) is 41.5. The van der Waals surface area contributed by atoms with Gasteiger partial charge in [0.05, 0.1) is 12.5 Å². The van der Waals surface area contributed by atoms with Crippen molar-refractivity contribution in [1.29, 1.82) is 0 Å². The Kier molecular flexibility index (Phi) is 9.18. The van der Waals surface area contributed by atoms with E-state index in [2.05, 4.69) is 25.6 Å². The highest BCUT2D eigenvalue weighted by molar-refractivity contribution is 6.76. The second-order valence-corrected chi connectivity index (χ2v) is 16.4. The standard InChI is InChI=1S/C23H40N2O5Si/c1-11-18-17(12-13-25(18)22(28)30-23(4,5)6)20(26)24(7)19(16(2)3)21(27)29-14-15-31(8,9)10/h1,16-19H,12-15H2,2-10H3/t17-,18+,19-/m0/s1. The molecule has 0 aromatic rings. The Morgan fingerprint density at radius 3 is 2.26 bits per heavy atom. The zero-order valence-corrected chi connectivity index (χ0v) is 21.7. The third-order valence-corrected chi connectivity index (χ3v) is 6.95. The number of rotatable bonds is 7. The first-order valence-corrected chi connectivity index (χ1v) is 14.7. The summed E-state index contributed by atoms with van der Waals surface area (Å²) in [5.41, 5.74) is -0.655. The van der Waals surface area contributed by atoms with Gasteiger partial charge in [0.15, 0.2) is 0 Å². The molecule has 0 radical (unpaired) electrons. The van der Waals surface area contributed by atoms with E-state index in [4.69, 9.17) is 15.9 Å². The van der Waals surface area contributed by atoms with Crippen LogP contribution in [0.25, 0.3) is 0 Å². The molecule has 1 rings (SSSR count). The number of nitrogens with zero attached hydrogens (tertiary/aromatic N) is 2. The molecule has 0 aromatic heterocycles. The molecule has 0 saturated carbocycles. The number of likely N-dealkylation sites (N-methyl/N-ethyl adjacent to an activating group) is 1. The highest BCUT2D eigenvalue weighted by atomic mass is 28.3. The quantitative estimate of drug-likeness (QED) is 0.335. The lowest BCUT2D eigenvalue weighted by molar-refractivity contribution is -0.157. The van der Waals surface area contributed by atoms with Crippen molar-refractivity contribution in [2.24, 2.45) is 11.8 Å². The first kappa shape index (κ1) is 27.0. The van der Waals surface area contributed by atoms with Crippen LogP contribution < -0.4 is 0 Å². The lowest BCUT2D eigenvalue weighted by atomic mass is 9.96. The van der Waals surface area contributed by atoms with Gasteiger partial charge in [0.2, 0.25) is 5.91 Å². The fourth-order valence-corrected chi connectivity index (χ4v) is 4.32. The van der Waals surface area contributed by atoms with Crippen molar-refractivity contribution in [3.8, 4) is 12.3 Å². The second kappa shape index (κ2) is 10.5. The molecule has 0 N–H and O–H groups in total. The van der Waals surface area contributed by atoms with Crippen molar-refractivity contribution < 1.29 is 23.9 Å². The van der Waals surface area contributed by atoms with Gasteiger partial charge < -0.3 is 14.4 Å². The minimum atomic E-state index is -1.34. The van der Waals surface area contributed by atoms with Gasteiger partial charge in [0.25, 0.3) is 0 Å². The maximum absolute atomic E-state index is 13.3. The lowest BCUT2D eigenvalue weighted by Gasteiger charge is -2.33. The van der Waals surface area contributed by atoms with E-state index in [1.54, 1.807) is 27.8 Å². The fourth-order valence-electron chi connectivity index (χ4n) is 3.60. The molecule has 0 aromatic carbocycles. The Labute approximate surface area is 188 Å². The van der Waals surface area contributed by atoms with Crippen molar-refractivity contribution in [2.45, 2.75) is 84.4 Å². The zero-order valence-electron chi connectivity index (χ0n) is 20.7. The number of ether oxygens (including phenoxy) is 2. The molecule has 31 heavy (non-hydrogen) atoms. The number of likely N-dealkylation sites (tertiary alicyclic amines) is 1. The third-order valence-electron chi connectivity index (χ3n) is 5.25. The van der Waals surface area contributed by atoms with E-state index in [0.717, 1.165) is 6.04 Å². The second-order valence-electron chi connectivity index (χ2n) is 10.8. The van der Waals surface area contributed by atoms with E-state index >= 15 is 0 Å². The predicted molar refractivity (Wildman–Crippen MR) is 124 cm³/mol. The average molecular weight is 453 g/mol. The van der Waals surface area contributed by atoms with Gasteiger partial charge in [-0.3, -0.25) is 9.69 Å². The number of hydrogen-bond donors (Lipinski definition) is 0. The molecular weight excluding hydrogens is 412 g/mol. The summed E-state index contributed by atoms with van der Waals surface area (Å²) in [6.07, 6.45) is 5.59. The minimum absolute atomic E-state index is 0.124. The summed E-state index contributed by atoms with van der Waals surface area (Å²) in [7, 11) is 0.272. The van der Waals surface area contributed by atoms with Gasteiger partial charge in [-0.15, -0.1) is 6.42 Å². The Morgan fingerprint density at radius 2 is 1.81 bits per heavy atom. The van der Waals surface area contributed by atoms with Crippen molar-refractivity contribution in [3.63, 3.8) is 0 Å². The smallest absolute Gasteiger partial charge is 0.411 e. The molecule has 0 bridgehead atoms. The van der Waals surface area contributed by atoms with Gasteiger partial charge in [-0.05, 0) is 39.2 Å². The van der Waals surface area contributed by atoms with Crippen LogP contribution in [-0.2, 0) is 19.1 Å². The number of hydrogen-bond acceptors (Lipinski definition) is 5. The molecular formula is C23H40N2O5Si. The third kappa shape index (κ3) is 7.88. The first-order valence-electron chi connectivity index (χ1n) is 11.0. The monoisotopic (exact) mass is 452 g/mol. The predicted octanol–water partition coefficient (Wildman–Crippen LogP) is 3.61. The molecule has 1 aliphatic rings. The Bertz CT molecular complexity index is 702. The highest BCUT2D eigenvalue weighted by Crippen LogP contribution is 2.29. The minimum Gasteiger partial charge on any atom is -0.464 e. The Morgan fingerprint density at radius 1 is 1.23 bits per heavy atom. The number of terminal acetylenes is 1. The SMILES string of the molecule is C#C[C@@H]1[C@@H](C(=O)N(C)[C@H](C(=O)OCC[Si](C)(C)C)C(C)C)CCN1C(=O)OC(C)(C)C. The van der Waals surface area contributed by atoms with Gasteiger partial charge in [-0.25, -0.2) is 9.59 Å². The topological polar surface area (TPSA) is 76.2 Å². The molecule has 0 unspecified atom stereocenters. The molecule has 0 spiro atoms. The Balaban J connectivity index is 2.91. The summed E-state index contributed by atoms with van der Waals surface area (Å²) in [6.45, 7) is 16.5. The summed E-state index contributed by atoms with van der Waals surface area (Å²) >= 11 is 0. The van der Waals surface area contributed by atoms with E-state index in [0.29, 0.717) is 19.6 Å². The van der Waals surface area contributed by atoms with Crippen LogP contribution in [0.2, 0.25) is 25.7 Å². The van der Waals surface area contributed by atoms with Crippen LogP contribution in [0.4, 0.5) is 4.79 Å². The molecule has 0 aliphatic carbocycles. The van der Waals surface area contributed by atoms with Crippen LogP contribution >= 0.6 is 0 Å². The van der Waals surface area contributed by atoms with Crippen molar-refractivity contribution in [2.75, 3.05) is 20.2 Å². The van der Waals surface area contributed by atoms with Crippen LogP contribution in [0.15, 0.2) is 0 Å². The number of amides is 2. The van der Waals surface area contributed by atoms with Crippen LogP contribution in [0, 0.1) is 24.2 Å². The van der Waals surface area contributed by atoms with Crippen LogP contribution in [-0.4, -0.2) is 73.7 Å². The summed E-state index contributed by atoms with van der Waals surface area (Å²) in [6, 6.07) is -0.544. The number of carbonyl (C=O) groups excluding carboxylic acids is 3. The highest BCUT2D eigenvalue weighted by Gasteiger charge is 2.45. The fraction of sp³-hybridized carbons (Fsp3) is 0.783. The molecule has 2 amide bonds. The largest absolute Gasteiger partial charge is 0.464 e. The summed E-state index contributed by atoms with van der Waals surface area (Å²) in [5.74, 6) is 1.22. The van der Waals surface area contributed by atoms with Gasteiger partial charge in [-0.1, -0.05) is 39.4 Å². The van der Waals surface area contributed by atoms with E-state index in [1.807, 2.05) is 13.8 Å². The van der Waals surface area contributed by atoms with E-state index in [9.17, 15) is 14.4 Å². The summed E-state index contributed by atoms with van der Waals surface area (Å²) < 4.78 is 11.0. The van der Waals surface area contributed by atoms with Crippen molar-refractivity contribution in [3.05, 3.63) is 0 Å². The lowest BCUT2D eigenvalue weighted by Crippen LogP contribution is -2.51. The molecule has 3 atom stereocenters. The van der Waals surface area contributed by atoms with Crippen LogP contribution in [0.3, 0.4) is 0 Å². The van der Waals surface area contributed by atoms with E-state index < -0.39 is 43.7 Å². The van der Waals surface area contributed by atoms with Crippen molar-refractivity contribution >= 4 is 26.0 Å². The van der Waals surface area contributed by atoms with E-state index in [-0.39, 0.29) is 11.8 Å². The first-order chi connectivity index (χ1) is 14.1. The maximum Gasteiger partial charge on any atom is 0.411 e. The number of carbonyl (C=O) groups is 3. The molecule has 1 fully saturated rings. The molecule has 1 aliphatic heterocycles. The van der Waals surface area contributed by atoms with Crippen LogP contribution in [0.1, 0.15) is 41.0 Å². The average Bonchev–Trinajstić information content (AvgIpc) is 3.02. The van der Waals surface area contributed by atoms with Gasteiger partial charge in [0.1, 0.15) is 17.7 Å². The maximum atomic E-state index is 13.3.